The molecule has 2 aromatic rings. The number of sulfonamides is 1. The average Bonchev–Trinajstić information content (AvgIpc) is 2.61. The first kappa shape index (κ1) is 18.7. The molecule has 0 unspecified atom stereocenters. The summed E-state index contributed by atoms with van der Waals surface area (Å²) >= 11 is 0. The molecule has 0 fully saturated rings. The molecule has 0 amide bonds. The summed E-state index contributed by atoms with van der Waals surface area (Å²) in [6.45, 7) is 8.88. The third kappa shape index (κ3) is 3.86. The van der Waals surface area contributed by atoms with Gasteiger partial charge in [0.05, 0.1) is 4.90 Å². The summed E-state index contributed by atoms with van der Waals surface area (Å²) in [4.78, 5) is 0.281. The van der Waals surface area contributed by atoms with Crippen LogP contribution in [0.15, 0.2) is 41.3 Å². The second-order valence-electron chi connectivity index (χ2n) is 6.99. The van der Waals surface area contributed by atoms with Gasteiger partial charge in [0.1, 0.15) is 13.2 Å². The summed E-state index contributed by atoms with van der Waals surface area (Å²) in [5.74, 6) is 1.42. The third-order valence-electron chi connectivity index (χ3n) is 4.66. The van der Waals surface area contributed by atoms with Gasteiger partial charge in [-0.05, 0) is 60.7 Å². The van der Waals surface area contributed by atoms with E-state index < -0.39 is 10.0 Å². The predicted molar refractivity (Wildman–Crippen MR) is 101 cm³/mol. The highest BCUT2D eigenvalue weighted by atomic mass is 32.2. The summed E-state index contributed by atoms with van der Waals surface area (Å²) in [6, 6.07) is 10.4. The SMILES string of the molecule is Cc1ccc(S(=O)(=O)N[C@H](c2ccc3c(c2)OCCO3)C(C)C)cc1C. The van der Waals surface area contributed by atoms with Gasteiger partial charge in [0.15, 0.2) is 11.5 Å². The van der Waals surface area contributed by atoms with Crippen molar-refractivity contribution in [3.63, 3.8) is 0 Å². The monoisotopic (exact) mass is 375 g/mol. The third-order valence-corrected chi connectivity index (χ3v) is 6.10. The van der Waals surface area contributed by atoms with Crippen LogP contribution >= 0.6 is 0 Å². The quantitative estimate of drug-likeness (QED) is 0.864. The van der Waals surface area contributed by atoms with Crippen molar-refractivity contribution in [2.45, 2.75) is 38.6 Å². The molecule has 1 aliphatic heterocycles. The number of benzene rings is 2. The average molecular weight is 375 g/mol. The number of hydrogen-bond acceptors (Lipinski definition) is 4. The van der Waals surface area contributed by atoms with Gasteiger partial charge in [-0.3, -0.25) is 0 Å². The maximum atomic E-state index is 12.9. The molecule has 2 aromatic carbocycles. The lowest BCUT2D eigenvalue weighted by atomic mass is 9.97. The van der Waals surface area contributed by atoms with Crippen LogP contribution in [0.2, 0.25) is 0 Å². The van der Waals surface area contributed by atoms with Crippen molar-refractivity contribution in [1.29, 1.82) is 0 Å². The van der Waals surface area contributed by atoms with E-state index in [1.165, 1.54) is 0 Å². The Morgan fingerprint density at radius 2 is 1.62 bits per heavy atom. The minimum atomic E-state index is -3.64. The molecular weight excluding hydrogens is 350 g/mol. The standard InChI is InChI=1S/C20H25NO4S/c1-13(2)20(16-6-8-18-19(12-16)25-10-9-24-18)21-26(22,23)17-7-5-14(3)15(4)11-17/h5-8,11-13,20-21H,9-10H2,1-4H3/t20-/m0/s1. The van der Waals surface area contributed by atoms with E-state index in [0.29, 0.717) is 24.7 Å². The Kier molecular flexibility index (Phi) is 5.25. The normalized spacial score (nSPS) is 15.1. The number of fused-ring (bicyclic) bond motifs is 1. The van der Waals surface area contributed by atoms with Gasteiger partial charge in [-0.2, -0.15) is 0 Å². The van der Waals surface area contributed by atoms with Crippen LogP contribution in [0.3, 0.4) is 0 Å². The molecule has 6 heteroatoms. The van der Waals surface area contributed by atoms with Crippen molar-refractivity contribution in [2.75, 3.05) is 13.2 Å². The van der Waals surface area contributed by atoms with Gasteiger partial charge >= 0.3 is 0 Å². The van der Waals surface area contributed by atoms with Crippen LogP contribution < -0.4 is 14.2 Å². The maximum Gasteiger partial charge on any atom is 0.241 e. The zero-order valence-corrected chi connectivity index (χ0v) is 16.4. The van der Waals surface area contributed by atoms with E-state index in [4.69, 9.17) is 9.47 Å². The van der Waals surface area contributed by atoms with Gasteiger partial charge in [-0.1, -0.05) is 26.0 Å². The van der Waals surface area contributed by atoms with Crippen molar-refractivity contribution < 1.29 is 17.9 Å². The lowest BCUT2D eigenvalue weighted by Crippen LogP contribution is -2.32. The minimum absolute atomic E-state index is 0.0684. The highest BCUT2D eigenvalue weighted by molar-refractivity contribution is 7.89. The molecule has 26 heavy (non-hydrogen) atoms. The van der Waals surface area contributed by atoms with E-state index in [1.807, 2.05) is 52.0 Å². The smallest absolute Gasteiger partial charge is 0.241 e. The van der Waals surface area contributed by atoms with Crippen LogP contribution in [0.1, 0.15) is 36.6 Å². The lowest BCUT2D eigenvalue weighted by molar-refractivity contribution is 0.171. The van der Waals surface area contributed by atoms with Crippen molar-refractivity contribution in [3.8, 4) is 11.5 Å². The fourth-order valence-electron chi connectivity index (χ4n) is 2.96. The summed E-state index contributed by atoms with van der Waals surface area (Å²) in [7, 11) is -3.64. The number of ether oxygens (including phenoxy) is 2. The molecule has 0 aromatic heterocycles. The van der Waals surface area contributed by atoms with E-state index in [-0.39, 0.29) is 16.9 Å². The first-order chi connectivity index (χ1) is 12.3. The topological polar surface area (TPSA) is 64.6 Å². The van der Waals surface area contributed by atoms with Crippen LogP contribution in [0.4, 0.5) is 0 Å². The minimum Gasteiger partial charge on any atom is -0.486 e. The van der Waals surface area contributed by atoms with E-state index in [2.05, 4.69) is 4.72 Å². The Morgan fingerprint density at radius 3 is 2.27 bits per heavy atom. The van der Waals surface area contributed by atoms with Crippen molar-refractivity contribution >= 4 is 10.0 Å². The summed E-state index contributed by atoms with van der Waals surface area (Å²) < 4.78 is 39.9. The number of nitrogens with one attached hydrogen (secondary N) is 1. The summed E-state index contributed by atoms with van der Waals surface area (Å²) in [6.07, 6.45) is 0. The van der Waals surface area contributed by atoms with Gasteiger partial charge in [-0.25, -0.2) is 13.1 Å². The molecule has 0 aliphatic carbocycles. The van der Waals surface area contributed by atoms with E-state index >= 15 is 0 Å². The highest BCUT2D eigenvalue weighted by Gasteiger charge is 2.25. The van der Waals surface area contributed by atoms with Gasteiger partial charge in [0, 0.05) is 6.04 Å². The van der Waals surface area contributed by atoms with Crippen LogP contribution in [0.5, 0.6) is 11.5 Å². The van der Waals surface area contributed by atoms with Gasteiger partial charge in [0.25, 0.3) is 0 Å². The Bertz CT molecular complexity index is 906. The lowest BCUT2D eigenvalue weighted by Gasteiger charge is -2.25. The molecule has 0 bridgehead atoms. The Balaban J connectivity index is 1.92. The van der Waals surface area contributed by atoms with Crippen LogP contribution in [-0.4, -0.2) is 21.6 Å². The number of rotatable bonds is 5. The molecule has 1 atom stereocenters. The van der Waals surface area contributed by atoms with Gasteiger partial charge < -0.3 is 9.47 Å². The molecule has 0 spiro atoms. The van der Waals surface area contributed by atoms with Crippen LogP contribution in [0.25, 0.3) is 0 Å². The van der Waals surface area contributed by atoms with Gasteiger partial charge in [-0.15, -0.1) is 0 Å². The van der Waals surface area contributed by atoms with E-state index in [1.54, 1.807) is 12.1 Å². The molecule has 0 radical (unpaired) electrons. The Labute approximate surface area is 155 Å². The van der Waals surface area contributed by atoms with Crippen LogP contribution in [-0.2, 0) is 10.0 Å². The van der Waals surface area contributed by atoms with Crippen molar-refractivity contribution in [1.82, 2.24) is 4.72 Å². The molecule has 3 rings (SSSR count). The number of aryl methyl sites for hydroxylation is 2. The van der Waals surface area contributed by atoms with Crippen molar-refractivity contribution in [2.24, 2.45) is 5.92 Å². The second kappa shape index (κ2) is 7.29. The largest absolute Gasteiger partial charge is 0.486 e. The molecular formula is C20H25NO4S. The van der Waals surface area contributed by atoms with Crippen molar-refractivity contribution in [3.05, 3.63) is 53.1 Å². The molecule has 140 valence electrons. The zero-order chi connectivity index (χ0) is 18.9. The molecule has 0 saturated heterocycles. The number of hydrogen-bond donors (Lipinski definition) is 1. The first-order valence-electron chi connectivity index (χ1n) is 8.77. The fraction of sp³-hybridized carbons (Fsp3) is 0.400. The maximum absolute atomic E-state index is 12.9. The van der Waals surface area contributed by atoms with Crippen LogP contribution in [0, 0.1) is 19.8 Å². The first-order valence-corrected chi connectivity index (χ1v) is 10.3. The predicted octanol–water partition coefficient (Wildman–Crippen LogP) is 3.75. The van der Waals surface area contributed by atoms with Gasteiger partial charge in [0.2, 0.25) is 10.0 Å². The molecule has 1 heterocycles. The van der Waals surface area contributed by atoms with E-state index in [9.17, 15) is 8.42 Å². The Hall–Kier alpha value is -2.05. The molecule has 1 aliphatic rings. The molecule has 0 saturated carbocycles. The van der Waals surface area contributed by atoms with E-state index in [0.717, 1.165) is 16.7 Å². The Morgan fingerprint density at radius 1 is 0.923 bits per heavy atom. The summed E-state index contributed by atoms with van der Waals surface area (Å²) in [5.41, 5.74) is 2.88. The second-order valence-corrected chi connectivity index (χ2v) is 8.71. The fourth-order valence-corrected chi connectivity index (χ4v) is 4.42. The highest BCUT2D eigenvalue weighted by Crippen LogP contribution is 2.35. The summed E-state index contributed by atoms with van der Waals surface area (Å²) in [5, 5.41) is 0. The molecule has 5 nitrogen and oxygen atoms in total. The zero-order valence-electron chi connectivity index (χ0n) is 15.6. The molecule has 1 N–H and O–H groups in total.